The van der Waals surface area contributed by atoms with Crippen LogP contribution in [0.3, 0.4) is 0 Å². The third kappa shape index (κ3) is 2.57. The molecule has 19 heavy (non-hydrogen) atoms. The first kappa shape index (κ1) is 13.1. The summed E-state index contributed by atoms with van der Waals surface area (Å²) in [6.45, 7) is 1.73. The number of urea groups is 2. The van der Waals surface area contributed by atoms with Crippen molar-refractivity contribution in [3.8, 4) is 0 Å². The molecule has 1 N–H and O–H groups in total. The van der Waals surface area contributed by atoms with E-state index in [1.54, 1.807) is 6.92 Å². The summed E-state index contributed by atoms with van der Waals surface area (Å²) in [4.78, 5) is 37.0. The summed E-state index contributed by atoms with van der Waals surface area (Å²) in [5.74, 6) is -0.509. The van der Waals surface area contributed by atoms with Crippen LogP contribution in [0.4, 0.5) is 9.59 Å². The van der Waals surface area contributed by atoms with Crippen molar-refractivity contribution in [3.05, 3.63) is 35.9 Å². The maximum Gasteiger partial charge on any atom is 0.335 e. The third-order valence-corrected chi connectivity index (χ3v) is 2.98. The molecule has 0 radical (unpaired) electrons. The molecule has 0 aromatic heterocycles. The Bertz CT molecular complexity index is 515. The van der Waals surface area contributed by atoms with Crippen LogP contribution in [0, 0.1) is 0 Å². The van der Waals surface area contributed by atoms with Gasteiger partial charge >= 0.3 is 12.1 Å². The van der Waals surface area contributed by atoms with Gasteiger partial charge in [0.1, 0.15) is 6.54 Å². The molecule has 6 nitrogen and oxygen atoms in total. The second-order valence-corrected chi connectivity index (χ2v) is 4.45. The van der Waals surface area contributed by atoms with Gasteiger partial charge in [-0.05, 0) is 12.5 Å². The van der Waals surface area contributed by atoms with Crippen LogP contribution >= 0.6 is 0 Å². The first-order valence-electron chi connectivity index (χ1n) is 5.94. The van der Waals surface area contributed by atoms with Crippen LogP contribution in [0.15, 0.2) is 30.3 Å². The van der Waals surface area contributed by atoms with Crippen LogP contribution < -0.4 is 5.32 Å². The van der Waals surface area contributed by atoms with E-state index in [4.69, 9.17) is 0 Å². The van der Waals surface area contributed by atoms with Gasteiger partial charge in [0.25, 0.3) is 5.91 Å². The molecule has 1 unspecified atom stereocenters. The summed E-state index contributed by atoms with van der Waals surface area (Å²) in [7, 11) is 1.48. The predicted molar refractivity (Wildman–Crippen MR) is 68.3 cm³/mol. The van der Waals surface area contributed by atoms with E-state index in [9.17, 15) is 14.4 Å². The summed E-state index contributed by atoms with van der Waals surface area (Å²) in [6, 6.07) is 7.77. The number of benzene rings is 1. The number of hydrogen-bond acceptors (Lipinski definition) is 3. The number of carbonyl (C=O) groups is 3. The van der Waals surface area contributed by atoms with Gasteiger partial charge in [-0.2, -0.15) is 4.90 Å². The summed E-state index contributed by atoms with van der Waals surface area (Å²) in [5.41, 5.74) is 0.906. The zero-order valence-electron chi connectivity index (χ0n) is 10.8. The molecule has 1 aliphatic heterocycles. The normalized spacial score (nSPS) is 16.7. The van der Waals surface area contributed by atoms with Crippen LogP contribution in [-0.2, 0) is 4.79 Å². The molecule has 1 aliphatic rings. The Morgan fingerprint density at radius 1 is 1.26 bits per heavy atom. The summed E-state index contributed by atoms with van der Waals surface area (Å²) in [6.07, 6.45) is 0. The number of rotatable bonds is 2. The van der Waals surface area contributed by atoms with E-state index in [0.29, 0.717) is 4.90 Å². The monoisotopic (exact) mass is 261 g/mol. The maximum atomic E-state index is 11.9. The van der Waals surface area contributed by atoms with Gasteiger partial charge in [-0.15, -0.1) is 0 Å². The number of carbonyl (C=O) groups excluding carboxylic acids is 3. The number of nitrogens with one attached hydrogen (secondary N) is 1. The Labute approximate surface area is 111 Å². The minimum atomic E-state index is -0.685. The predicted octanol–water partition coefficient (Wildman–Crippen LogP) is 1.35. The Morgan fingerprint density at radius 2 is 1.89 bits per heavy atom. The van der Waals surface area contributed by atoms with Crippen LogP contribution in [0.1, 0.15) is 18.5 Å². The third-order valence-electron chi connectivity index (χ3n) is 2.98. The van der Waals surface area contributed by atoms with Crippen LogP contribution in [-0.4, -0.2) is 41.4 Å². The van der Waals surface area contributed by atoms with Crippen molar-refractivity contribution in [2.75, 3.05) is 13.6 Å². The molecule has 0 aliphatic carbocycles. The second-order valence-electron chi connectivity index (χ2n) is 4.45. The lowest BCUT2D eigenvalue weighted by atomic mass is 10.1. The van der Waals surface area contributed by atoms with Crippen molar-refractivity contribution in [1.82, 2.24) is 15.1 Å². The molecule has 1 aromatic carbocycles. The number of nitrogens with zero attached hydrogens (tertiary/aromatic N) is 2. The highest BCUT2D eigenvalue weighted by Crippen LogP contribution is 2.14. The lowest BCUT2D eigenvalue weighted by molar-refractivity contribution is -0.123. The Kier molecular flexibility index (Phi) is 3.50. The Morgan fingerprint density at radius 3 is 2.42 bits per heavy atom. The molecule has 100 valence electrons. The Balaban J connectivity index is 2.06. The van der Waals surface area contributed by atoms with Crippen molar-refractivity contribution >= 4 is 18.0 Å². The fourth-order valence-corrected chi connectivity index (χ4v) is 1.89. The number of amides is 5. The quantitative estimate of drug-likeness (QED) is 0.817. The smallest absolute Gasteiger partial charge is 0.331 e. The molecule has 1 aromatic rings. The van der Waals surface area contributed by atoms with Gasteiger partial charge in [0.15, 0.2) is 0 Å². The van der Waals surface area contributed by atoms with Crippen molar-refractivity contribution in [3.63, 3.8) is 0 Å². The molecule has 0 bridgehead atoms. The molecule has 2 rings (SSSR count). The van der Waals surface area contributed by atoms with Gasteiger partial charge in [0.2, 0.25) is 0 Å². The second kappa shape index (κ2) is 5.09. The SMILES string of the molecule is CC(NC(=O)N1C(=O)CN(C)C1=O)c1ccccc1. The zero-order chi connectivity index (χ0) is 14.0. The molecular formula is C13H15N3O3. The molecule has 1 heterocycles. The minimum Gasteiger partial charge on any atom is -0.331 e. The van der Waals surface area contributed by atoms with E-state index < -0.39 is 18.0 Å². The molecule has 0 spiro atoms. The van der Waals surface area contributed by atoms with Gasteiger partial charge in [0.05, 0.1) is 6.04 Å². The fraction of sp³-hybridized carbons (Fsp3) is 0.308. The van der Waals surface area contributed by atoms with E-state index >= 15 is 0 Å². The van der Waals surface area contributed by atoms with Crippen molar-refractivity contribution in [1.29, 1.82) is 0 Å². The van der Waals surface area contributed by atoms with Crippen LogP contribution in [0.2, 0.25) is 0 Å². The first-order valence-corrected chi connectivity index (χ1v) is 5.94. The molecule has 5 amide bonds. The van der Waals surface area contributed by atoms with Crippen molar-refractivity contribution < 1.29 is 14.4 Å². The van der Waals surface area contributed by atoms with Crippen molar-refractivity contribution in [2.45, 2.75) is 13.0 Å². The first-order chi connectivity index (χ1) is 9.00. The molecule has 1 fully saturated rings. The zero-order valence-corrected chi connectivity index (χ0v) is 10.8. The van der Waals surface area contributed by atoms with Crippen LogP contribution in [0.5, 0.6) is 0 Å². The average molecular weight is 261 g/mol. The number of imide groups is 3. The summed E-state index contributed by atoms with van der Waals surface area (Å²) < 4.78 is 0. The lowest BCUT2D eigenvalue weighted by Crippen LogP contribution is -2.44. The van der Waals surface area contributed by atoms with E-state index in [0.717, 1.165) is 5.56 Å². The largest absolute Gasteiger partial charge is 0.335 e. The van der Waals surface area contributed by atoms with Gasteiger partial charge in [0, 0.05) is 7.05 Å². The van der Waals surface area contributed by atoms with E-state index in [1.807, 2.05) is 30.3 Å². The van der Waals surface area contributed by atoms with E-state index in [2.05, 4.69) is 5.32 Å². The molecular weight excluding hydrogens is 246 g/mol. The van der Waals surface area contributed by atoms with Gasteiger partial charge in [-0.3, -0.25) is 4.79 Å². The molecule has 0 saturated carbocycles. The maximum absolute atomic E-state index is 11.9. The summed E-state index contributed by atoms with van der Waals surface area (Å²) >= 11 is 0. The summed E-state index contributed by atoms with van der Waals surface area (Å²) in [5, 5.41) is 2.64. The van der Waals surface area contributed by atoms with Gasteiger partial charge in [-0.25, -0.2) is 9.59 Å². The van der Waals surface area contributed by atoms with Crippen LogP contribution in [0.25, 0.3) is 0 Å². The Hall–Kier alpha value is -2.37. The highest BCUT2D eigenvalue weighted by atomic mass is 16.2. The fourth-order valence-electron chi connectivity index (χ4n) is 1.89. The van der Waals surface area contributed by atoms with Crippen molar-refractivity contribution in [2.24, 2.45) is 0 Å². The minimum absolute atomic E-state index is 0.0635. The average Bonchev–Trinajstić information content (AvgIpc) is 2.64. The highest BCUT2D eigenvalue weighted by molar-refractivity contribution is 6.14. The molecule has 6 heteroatoms. The molecule has 1 atom stereocenters. The number of hydrogen-bond donors (Lipinski definition) is 1. The lowest BCUT2D eigenvalue weighted by Gasteiger charge is -2.18. The van der Waals surface area contributed by atoms with E-state index in [-0.39, 0.29) is 12.6 Å². The standard InChI is InChI=1S/C13H15N3O3/c1-9(10-6-4-3-5-7-10)14-12(18)16-11(17)8-15(2)13(16)19/h3-7,9H,8H2,1-2H3,(H,14,18). The van der Waals surface area contributed by atoms with E-state index in [1.165, 1.54) is 11.9 Å². The topological polar surface area (TPSA) is 69.7 Å². The highest BCUT2D eigenvalue weighted by Gasteiger charge is 2.38. The number of likely N-dealkylation sites (N-methyl/N-ethyl adjacent to an activating group) is 1. The van der Waals surface area contributed by atoms with Gasteiger partial charge in [-0.1, -0.05) is 30.3 Å². The van der Waals surface area contributed by atoms with Gasteiger partial charge < -0.3 is 10.2 Å². The molecule has 1 saturated heterocycles.